The summed E-state index contributed by atoms with van der Waals surface area (Å²) in [7, 11) is 0. The number of ether oxygens (including phenoxy) is 3. The highest BCUT2D eigenvalue weighted by molar-refractivity contribution is 5.93. The van der Waals surface area contributed by atoms with E-state index in [1.165, 1.54) is 0 Å². The van der Waals surface area contributed by atoms with Gasteiger partial charge in [-0.05, 0) is 25.0 Å². The van der Waals surface area contributed by atoms with Crippen molar-refractivity contribution in [1.82, 2.24) is 0 Å². The number of unbranched alkanes of at least 4 members (excludes halogenated alkanes) is 2. The topological polar surface area (TPSA) is 47.9 Å². The molecule has 0 aromatic heterocycles. The molecule has 2 rings (SSSR count). The molecule has 0 aliphatic rings. The fraction of sp³-hybridized carbons (Fsp3) is 0.524. The smallest absolute Gasteiger partial charge is 0.127 e. The van der Waals surface area contributed by atoms with Gasteiger partial charge in [0.05, 0.1) is 13.2 Å². The van der Waals surface area contributed by atoms with E-state index >= 15 is 0 Å². The number of rotatable bonds is 12. The molecule has 0 amide bonds. The molecule has 1 atom stereocenters. The number of hydrogen-bond donors (Lipinski definition) is 1. The van der Waals surface area contributed by atoms with E-state index in [-0.39, 0.29) is 6.61 Å². The highest BCUT2D eigenvalue weighted by atomic mass is 16.5. The summed E-state index contributed by atoms with van der Waals surface area (Å²) in [6, 6.07) is 11.9. The standard InChI is InChI=1S/C21H30O4/c1-3-5-13-23-15-17(22)16-25-21-12-11-20(24-14-6-4-2)18-9-7-8-10-19(18)21/h7-12,17,22H,3-6,13-16H2,1-2H3. The maximum absolute atomic E-state index is 10.0. The number of aliphatic hydroxyl groups excluding tert-OH is 1. The third-order valence-corrected chi connectivity index (χ3v) is 3.98. The SMILES string of the molecule is CCCCOCC(O)COc1ccc(OCCCC)c2ccccc12. The van der Waals surface area contributed by atoms with Gasteiger partial charge in [-0.2, -0.15) is 0 Å². The van der Waals surface area contributed by atoms with E-state index in [0.717, 1.165) is 48.0 Å². The molecule has 4 nitrogen and oxygen atoms in total. The number of benzene rings is 2. The molecule has 0 fully saturated rings. The van der Waals surface area contributed by atoms with Crippen molar-refractivity contribution in [3.05, 3.63) is 36.4 Å². The minimum Gasteiger partial charge on any atom is -0.493 e. The lowest BCUT2D eigenvalue weighted by Gasteiger charge is -2.16. The summed E-state index contributed by atoms with van der Waals surface area (Å²) in [5, 5.41) is 12.0. The van der Waals surface area contributed by atoms with E-state index in [4.69, 9.17) is 14.2 Å². The lowest BCUT2D eigenvalue weighted by atomic mass is 10.1. The monoisotopic (exact) mass is 346 g/mol. The lowest BCUT2D eigenvalue weighted by molar-refractivity contribution is 0.0116. The Kier molecular flexibility index (Phi) is 8.56. The summed E-state index contributed by atoms with van der Waals surface area (Å²) in [5.74, 6) is 1.63. The third-order valence-electron chi connectivity index (χ3n) is 3.98. The van der Waals surface area contributed by atoms with Crippen LogP contribution in [0.5, 0.6) is 11.5 Å². The van der Waals surface area contributed by atoms with Gasteiger partial charge in [-0.15, -0.1) is 0 Å². The summed E-state index contributed by atoms with van der Waals surface area (Å²) < 4.78 is 17.2. The Bertz CT molecular complexity index is 626. The second-order valence-corrected chi connectivity index (χ2v) is 6.20. The van der Waals surface area contributed by atoms with Crippen LogP contribution in [0.15, 0.2) is 36.4 Å². The summed E-state index contributed by atoms with van der Waals surface area (Å²) in [5.41, 5.74) is 0. The first-order valence-electron chi connectivity index (χ1n) is 9.29. The van der Waals surface area contributed by atoms with Gasteiger partial charge in [0.1, 0.15) is 24.2 Å². The van der Waals surface area contributed by atoms with Gasteiger partial charge in [-0.25, -0.2) is 0 Å². The molecule has 0 saturated carbocycles. The van der Waals surface area contributed by atoms with Crippen LogP contribution in [0.3, 0.4) is 0 Å². The second kappa shape index (κ2) is 11.0. The van der Waals surface area contributed by atoms with Crippen molar-refractivity contribution in [3.8, 4) is 11.5 Å². The molecule has 4 heteroatoms. The molecule has 0 aliphatic heterocycles. The first-order chi connectivity index (χ1) is 12.3. The van der Waals surface area contributed by atoms with Gasteiger partial charge in [0.25, 0.3) is 0 Å². The van der Waals surface area contributed by atoms with Crippen molar-refractivity contribution in [1.29, 1.82) is 0 Å². The molecule has 1 unspecified atom stereocenters. The molecule has 0 bridgehead atoms. The normalized spacial score (nSPS) is 12.3. The van der Waals surface area contributed by atoms with Crippen LogP contribution in [0.4, 0.5) is 0 Å². The predicted molar refractivity (Wildman–Crippen MR) is 102 cm³/mol. The zero-order chi connectivity index (χ0) is 17.9. The lowest BCUT2D eigenvalue weighted by Crippen LogP contribution is -2.23. The predicted octanol–water partition coefficient (Wildman–Crippen LogP) is 4.58. The molecule has 25 heavy (non-hydrogen) atoms. The number of fused-ring (bicyclic) bond motifs is 1. The second-order valence-electron chi connectivity index (χ2n) is 6.20. The van der Waals surface area contributed by atoms with Crippen molar-refractivity contribution in [2.45, 2.75) is 45.6 Å². The molecular formula is C21H30O4. The van der Waals surface area contributed by atoms with Crippen LogP contribution in [0.2, 0.25) is 0 Å². The Morgan fingerprint density at radius 3 is 2.04 bits per heavy atom. The zero-order valence-electron chi connectivity index (χ0n) is 15.4. The minimum atomic E-state index is -0.629. The first-order valence-corrected chi connectivity index (χ1v) is 9.29. The van der Waals surface area contributed by atoms with Gasteiger partial charge >= 0.3 is 0 Å². The summed E-state index contributed by atoms with van der Waals surface area (Å²) >= 11 is 0. The molecule has 2 aromatic rings. The van der Waals surface area contributed by atoms with E-state index < -0.39 is 6.10 Å². The van der Waals surface area contributed by atoms with Crippen LogP contribution in [0.25, 0.3) is 10.8 Å². The third kappa shape index (κ3) is 6.22. The molecule has 0 spiro atoms. The Morgan fingerprint density at radius 1 is 0.800 bits per heavy atom. The van der Waals surface area contributed by atoms with Crippen molar-refractivity contribution in [3.63, 3.8) is 0 Å². The van der Waals surface area contributed by atoms with Gasteiger partial charge < -0.3 is 19.3 Å². The van der Waals surface area contributed by atoms with Crippen molar-refractivity contribution in [2.75, 3.05) is 26.4 Å². The molecule has 0 radical (unpaired) electrons. The van der Waals surface area contributed by atoms with Crippen LogP contribution in [-0.4, -0.2) is 37.6 Å². The maximum atomic E-state index is 10.0. The summed E-state index contributed by atoms with van der Waals surface area (Å²) in [6.45, 7) is 6.18. The molecule has 0 aliphatic carbocycles. The molecule has 0 heterocycles. The van der Waals surface area contributed by atoms with Crippen LogP contribution in [0, 0.1) is 0 Å². The number of hydrogen-bond acceptors (Lipinski definition) is 4. The molecule has 2 aromatic carbocycles. The zero-order valence-corrected chi connectivity index (χ0v) is 15.4. The van der Waals surface area contributed by atoms with E-state index in [0.29, 0.717) is 19.8 Å². The van der Waals surface area contributed by atoms with Crippen molar-refractivity contribution < 1.29 is 19.3 Å². The largest absolute Gasteiger partial charge is 0.493 e. The fourth-order valence-electron chi connectivity index (χ4n) is 2.52. The average molecular weight is 346 g/mol. The summed E-state index contributed by atoms with van der Waals surface area (Å²) in [6.07, 6.45) is 3.62. The van der Waals surface area contributed by atoms with Crippen molar-refractivity contribution >= 4 is 10.8 Å². The quantitative estimate of drug-likeness (QED) is 0.572. The van der Waals surface area contributed by atoms with Crippen molar-refractivity contribution in [2.24, 2.45) is 0 Å². The van der Waals surface area contributed by atoms with Gasteiger partial charge in [-0.3, -0.25) is 0 Å². The molecule has 138 valence electrons. The van der Waals surface area contributed by atoms with E-state index in [9.17, 15) is 5.11 Å². The van der Waals surface area contributed by atoms with Crippen LogP contribution in [0.1, 0.15) is 39.5 Å². The van der Waals surface area contributed by atoms with Gasteiger partial charge in [0.15, 0.2) is 0 Å². The van der Waals surface area contributed by atoms with Crippen LogP contribution < -0.4 is 9.47 Å². The van der Waals surface area contributed by atoms with E-state index in [1.54, 1.807) is 0 Å². The molecule has 0 saturated heterocycles. The maximum Gasteiger partial charge on any atom is 0.127 e. The van der Waals surface area contributed by atoms with Gasteiger partial charge in [0, 0.05) is 17.4 Å². The Hall–Kier alpha value is -1.78. The Labute approximate surface area is 150 Å². The Morgan fingerprint density at radius 2 is 1.40 bits per heavy atom. The highest BCUT2D eigenvalue weighted by Crippen LogP contribution is 2.33. The van der Waals surface area contributed by atoms with Gasteiger partial charge in [0.2, 0.25) is 0 Å². The highest BCUT2D eigenvalue weighted by Gasteiger charge is 2.10. The molecular weight excluding hydrogens is 316 g/mol. The summed E-state index contributed by atoms with van der Waals surface area (Å²) in [4.78, 5) is 0. The van der Waals surface area contributed by atoms with E-state index in [1.807, 2.05) is 36.4 Å². The first kappa shape index (κ1) is 19.5. The van der Waals surface area contributed by atoms with Gasteiger partial charge in [-0.1, -0.05) is 51.0 Å². The fourth-order valence-corrected chi connectivity index (χ4v) is 2.52. The number of aliphatic hydroxyl groups is 1. The Balaban J connectivity index is 1.98. The average Bonchev–Trinajstić information content (AvgIpc) is 2.64. The minimum absolute atomic E-state index is 0.214. The molecule has 1 N–H and O–H groups in total. The van der Waals surface area contributed by atoms with Crippen LogP contribution in [-0.2, 0) is 4.74 Å². The van der Waals surface area contributed by atoms with Crippen LogP contribution >= 0.6 is 0 Å². The van der Waals surface area contributed by atoms with E-state index in [2.05, 4.69) is 13.8 Å².